The zero-order valence-electron chi connectivity index (χ0n) is 8.90. The SMILES string of the molecule is COC(=O)CCCn1ncc(C)cc1=O. The molecule has 82 valence electrons. The molecule has 1 heterocycles. The van der Waals surface area contributed by atoms with Crippen LogP contribution in [0.5, 0.6) is 0 Å². The van der Waals surface area contributed by atoms with E-state index in [4.69, 9.17) is 0 Å². The van der Waals surface area contributed by atoms with Crippen LogP contribution in [0.25, 0.3) is 0 Å². The highest BCUT2D eigenvalue weighted by atomic mass is 16.5. The predicted molar refractivity (Wildman–Crippen MR) is 54.5 cm³/mol. The molecular weight excluding hydrogens is 196 g/mol. The first-order valence-corrected chi connectivity index (χ1v) is 4.74. The Hall–Kier alpha value is -1.65. The Morgan fingerprint density at radius 1 is 1.60 bits per heavy atom. The van der Waals surface area contributed by atoms with E-state index >= 15 is 0 Å². The third-order valence-electron chi connectivity index (χ3n) is 1.98. The summed E-state index contributed by atoms with van der Waals surface area (Å²) in [6, 6.07) is 1.52. The van der Waals surface area contributed by atoms with E-state index in [-0.39, 0.29) is 11.5 Å². The third-order valence-corrected chi connectivity index (χ3v) is 1.98. The average Bonchev–Trinajstić information content (AvgIpc) is 2.21. The van der Waals surface area contributed by atoms with Crippen molar-refractivity contribution in [2.45, 2.75) is 26.3 Å². The molecule has 0 saturated carbocycles. The van der Waals surface area contributed by atoms with Crippen LogP contribution in [0.15, 0.2) is 17.1 Å². The van der Waals surface area contributed by atoms with E-state index < -0.39 is 0 Å². The molecule has 0 aliphatic carbocycles. The van der Waals surface area contributed by atoms with Crippen molar-refractivity contribution < 1.29 is 9.53 Å². The summed E-state index contributed by atoms with van der Waals surface area (Å²) < 4.78 is 5.83. The number of carbonyl (C=O) groups excluding carboxylic acids is 1. The number of hydrogen-bond donors (Lipinski definition) is 0. The van der Waals surface area contributed by atoms with E-state index in [1.54, 1.807) is 6.20 Å². The van der Waals surface area contributed by atoms with Gasteiger partial charge in [-0.1, -0.05) is 0 Å². The van der Waals surface area contributed by atoms with E-state index in [1.165, 1.54) is 17.9 Å². The van der Waals surface area contributed by atoms with Crippen molar-refractivity contribution in [1.29, 1.82) is 0 Å². The second kappa shape index (κ2) is 5.29. The van der Waals surface area contributed by atoms with E-state index in [1.807, 2.05) is 6.92 Å². The number of hydrogen-bond acceptors (Lipinski definition) is 4. The third kappa shape index (κ3) is 3.53. The minimum Gasteiger partial charge on any atom is -0.469 e. The van der Waals surface area contributed by atoms with Crippen LogP contribution in [-0.4, -0.2) is 22.9 Å². The molecule has 0 aromatic carbocycles. The number of aromatic nitrogens is 2. The molecule has 1 aromatic rings. The smallest absolute Gasteiger partial charge is 0.305 e. The van der Waals surface area contributed by atoms with Crippen molar-refractivity contribution in [1.82, 2.24) is 9.78 Å². The standard InChI is InChI=1S/C10H14N2O3/c1-8-6-9(13)12(11-7-8)5-3-4-10(14)15-2/h6-7H,3-5H2,1-2H3. The number of carbonyl (C=O) groups is 1. The molecule has 1 rings (SSSR count). The zero-order chi connectivity index (χ0) is 11.3. The monoisotopic (exact) mass is 210 g/mol. The van der Waals surface area contributed by atoms with Crippen LogP contribution in [0.4, 0.5) is 0 Å². The first-order valence-electron chi connectivity index (χ1n) is 4.74. The highest BCUT2D eigenvalue weighted by Crippen LogP contribution is 1.94. The van der Waals surface area contributed by atoms with Crippen LogP contribution >= 0.6 is 0 Å². The Morgan fingerprint density at radius 3 is 2.93 bits per heavy atom. The van der Waals surface area contributed by atoms with Crippen molar-refractivity contribution in [3.8, 4) is 0 Å². The van der Waals surface area contributed by atoms with E-state index in [0.717, 1.165) is 5.56 Å². The lowest BCUT2D eigenvalue weighted by Crippen LogP contribution is -2.22. The molecule has 0 aliphatic heterocycles. The second-order valence-electron chi connectivity index (χ2n) is 3.27. The molecule has 0 N–H and O–H groups in total. The Labute approximate surface area is 87.7 Å². The lowest BCUT2D eigenvalue weighted by Gasteiger charge is -2.03. The van der Waals surface area contributed by atoms with Gasteiger partial charge in [0.25, 0.3) is 5.56 Å². The Morgan fingerprint density at radius 2 is 2.33 bits per heavy atom. The van der Waals surface area contributed by atoms with Crippen molar-refractivity contribution in [2.24, 2.45) is 0 Å². The van der Waals surface area contributed by atoms with Crippen molar-refractivity contribution >= 4 is 5.97 Å². The van der Waals surface area contributed by atoms with Crippen molar-refractivity contribution in [3.63, 3.8) is 0 Å². The van der Waals surface area contributed by atoms with Crippen LogP contribution in [0.3, 0.4) is 0 Å². The summed E-state index contributed by atoms with van der Waals surface area (Å²) in [5.41, 5.74) is 0.698. The molecule has 1 aromatic heterocycles. The van der Waals surface area contributed by atoms with Crippen LogP contribution in [0.2, 0.25) is 0 Å². The average molecular weight is 210 g/mol. The lowest BCUT2D eigenvalue weighted by molar-refractivity contribution is -0.140. The molecule has 0 spiro atoms. The Balaban J connectivity index is 2.51. The maximum Gasteiger partial charge on any atom is 0.305 e. The minimum absolute atomic E-state index is 0.139. The maximum absolute atomic E-state index is 11.4. The molecule has 0 amide bonds. The van der Waals surface area contributed by atoms with E-state index in [0.29, 0.717) is 19.4 Å². The number of rotatable bonds is 4. The van der Waals surface area contributed by atoms with Gasteiger partial charge in [-0.2, -0.15) is 5.10 Å². The van der Waals surface area contributed by atoms with Crippen LogP contribution < -0.4 is 5.56 Å². The first kappa shape index (κ1) is 11.4. The largest absolute Gasteiger partial charge is 0.469 e. The molecule has 0 fully saturated rings. The van der Waals surface area contributed by atoms with Crippen LogP contribution in [0.1, 0.15) is 18.4 Å². The van der Waals surface area contributed by atoms with Gasteiger partial charge in [0.1, 0.15) is 0 Å². The summed E-state index contributed by atoms with van der Waals surface area (Å²) in [7, 11) is 1.35. The van der Waals surface area contributed by atoms with Gasteiger partial charge in [0.2, 0.25) is 0 Å². The highest BCUT2D eigenvalue weighted by molar-refractivity contribution is 5.68. The molecule has 0 bridgehead atoms. The molecule has 0 aliphatic rings. The molecule has 5 heteroatoms. The Kier molecular flexibility index (Phi) is 4.03. The number of methoxy groups -OCH3 is 1. The number of aryl methyl sites for hydroxylation is 2. The summed E-state index contributed by atoms with van der Waals surface area (Å²) in [4.78, 5) is 22.2. The number of esters is 1. The second-order valence-corrected chi connectivity index (χ2v) is 3.27. The summed E-state index contributed by atoms with van der Waals surface area (Å²) in [6.45, 7) is 2.25. The molecular formula is C10H14N2O3. The van der Waals surface area contributed by atoms with Crippen LogP contribution in [0, 0.1) is 6.92 Å². The van der Waals surface area contributed by atoms with Crippen molar-refractivity contribution in [3.05, 3.63) is 28.2 Å². The number of nitrogens with zero attached hydrogens (tertiary/aromatic N) is 2. The molecule has 0 atom stereocenters. The van der Waals surface area contributed by atoms with Gasteiger partial charge in [0.05, 0.1) is 13.3 Å². The fraction of sp³-hybridized carbons (Fsp3) is 0.500. The van der Waals surface area contributed by atoms with Gasteiger partial charge in [-0.3, -0.25) is 9.59 Å². The van der Waals surface area contributed by atoms with Gasteiger partial charge in [0, 0.05) is 19.0 Å². The molecule has 0 saturated heterocycles. The fourth-order valence-electron chi connectivity index (χ4n) is 1.17. The summed E-state index contributed by atoms with van der Waals surface area (Å²) in [5, 5.41) is 3.95. The molecule has 0 radical (unpaired) electrons. The minimum atomic E-state index is -0.268. The number of ether oxygens (including phenoxy) is 1. The van der Waals surface area contributed by atoms with Gasteiger partial charge >= 0.3 is 5.97 Å². The Bertz CT molecular complexity index is 398. The highest BCUT2D eigenvalue weighted by Gasteiger charge is 2.01. The van der Waals surface area contributed by atoms with Gasteiger partial charge in [0.15, 0.2) is 0 Å². The van der Waals surface area contributed by atoms with Crippen LogP contribution in [-0.2, 0) is 16.1 Å². The van der Waals surface area contributed by atoms with Gasteiger partial charge in [-0.05, 0) is 18.9 Å². The van der Waals surface area contributed by atoms with Gasteiger partial charge < -0.3 is 4.74 Å². The molecule has 0 unspecified atom stereocenters. The topological polar surface area (TPSA) is 61.2 Å². The first-order chi connectivity index (χ1) is 7.13. The van der Waals surface area contributed by atoms with E-state index in [9.17, 15) is 9.59 Å². The maximum atomic E-state index is 11.4. The fourth-order valence-corrected chi connectivity index (χ4v) is 1.17. The summed E-state index contributed by atoms with van der Waals surface area (Å²) >= 11 is 0. The summed E-state index contributed by atoms with van der Waals surface area (Å²) in [6.07, 6.45) is 2.49. The molecule has 15 heavy (non-hydrogen) atoms. The van der Waals surface area contributed by atoms with Gasteiger partial charge in [-0.15, -0.1) is 0 Å². The predicted octanol–water partition coefficient (Wildman–Crippen LogP) is 0.505. The lowest BCUT2D eigenvalue weighted by atomic mass is 10.3. The summed E-state index contributed by atoms with van der Waals surface area (Å²) in [5.74, 6) is -0.268. The van der Waals surface area contributed by atoms with Gasteiger partial charge in [-0.25, -0.2) is 4.68 Å². The molecule has 5 nitrogen and oxygen atoms in total. The quantitative estimate of drug-likeness (QED) is 0.679. The zero-order valence-corrected chi connectivity index (χ0v) is 8.90. The normalized spacial score (nSPS) is 10.0. The van der Waals surface area contributed by atoms with Crippen molar-refractivity contribution in [2.75, 3.05) is 7.11 Å². The van der Waals surface area contributed by atoms with E-state index in [2.05, 4.69) is 9.84 Å².